The quantitative estimate of drug-likeness (QED) is 0.644. The molecule has 0 atom stereocenters. The number of hydrogen-bond donors (Lipinski definition) is 0. The second-order valence-corrected chi connectivity index (χ2v) is 5.08. The molecule has 2 aromatic carbocycles. The molecule has 0 aliphatic rings. The number of rotatable bonds is 4. The van der Waals surface area contributed by atoms with Gasteiger partial charge in [-0.3, -0.25) is 0 Å². The Hall–Kier alpha value is -1.06. The molecule has 0 amide bonds. The van der Waals surface area contributed by atoms with Gasteiger partial charge in [0.1, 0.15) is 5.75 Å². The molecule has 2 rings (SSSR count). The summed E-state index contributed by atoms with van der Waals surface area (Å²) in [6, 6.07) is 10.2. The summed E-state index contributed by atoms with van der Waals surface area (Å²) in [4.78, 5) is 0. The van der Waals surface area contributed by atoms with Crippen LogP contribution in [0.5, 0.6) is 11.5 Å². The van der Waals surface area contributed by atoms with Crippen LogP contribution in [0, 0.1) is 5.82 Å². The Labute approximate surface area is 125 Å². The highest BCUT2D eigenvalue weighted by Crippen LogP contribution is 2.29. The van der Waals surface area contributed by atoms with Gasteiger partial charge in [0.15, 0.2) is 11.6 Å². The van der Waals surface area contributed by atoms with Gasteiger partial charge in [-0.25, -0.2) is 4.39 Å². The van der Waals surface area contributed by atoms with Gasteiger partial charge in [0, 0.05) is 10.4 Å². The highest BCUT2D eigenvalue weighted by molar-refractivity contribution is 9.08. The lowest BCUT2D eigenvalue weighted by Crippen LogP contribution is -1.91. The Balaban J connectivity index is 2.26. The van der Waals surface area contributed by atoms with Gasteiger partial charge >= 0.3 is 0 Å². The second kappa shape index (κ2) is 6.40. The number of hydrogen-bond acceptors (Lipinski definition) is 1. The van der Waals surface area contributed by atoms with Crippen LogP contribution in [-0.2, 0) is 11.8 Å². The number of alkyl halides is 1. The minimum absolute atomic E-state index is 0.217. The smallest absolute Gasteiger partial charge is 0.166 e. The maximum Gasteiger partial charge on any atom is 0.166 e. The molecule has 0 aromatic heterocycles. The molecule has 0 saturated heterocycles. The van der Waals surface area contributed by atoms with E-state index in [1.807, 2.05) is 19.1 Å². The van der Waals surface area contributed by atoms with Crippen molar-refractivity contribution in [2.45, 2.75) is 18.7 Å². The van der Waals surface area contributed by atoms with Crippen LogP contribution in [-0.4, -0.2) is 0 Å². The molecule has 0 bridgehead atoms. The van der Waals surface area contributed by atoms with Crippen LogP contribution in [0.3, 0.4) is 0 Å². The molecule has 0 spiro atoms. The molecular weight excluding hydrogens is 331 g/mol. The summed E-state index contributed by atoms with van der Waals surface area (Å²) < 4.78 is 19.4. The summed E-state index contributed by atoms with van der Waals surface area (Å²) in [7, 11) is 0. The lowest BCUT2D eigenvalue weighted by molar-refractivity contribution is 0.441. The number of halogens is 3. The first-order chi connectivity index (χ1) is 9.13. The van der Waals surface area contributed by atoms with Crippen molar-refractivity contribution in [3.63, 3.8) is 0 Å². The predicted octanol–water partition coefficient (Wildman–Crippen LogP) is 5.73. The first-order valence-corrected chi connectivity index (χ1v) is 7.44. The van der Waals surface area contributed by atoms with E-state index in [9.17, 15) is 4.39 Å². The molecule has 0 fully saturated rings. The topological polar surface area (TPSA) is 9.23 Å². The predicted molar refractivity (Wildman–Crippen MR) is 79.9 cm³/mol. The summed E-state index contributed by atoms with van der Waals surface area (Å²) in [6.07, 6.45) is 0.807. The van der Waals surface area contributed by atoms with Gasteiger partial charge in [-0.05, 0) is 47.9 Å². The van der Waals surface area contributed by atoms with Crippen LogP contribution in [0.4, 0.5) is 4.39 Å². The Bertz CT molecular complexity index is 586. The minimum atomic E-state index is -0.370. The average molecular weight is 344 g/mol. The van der Waals surface area contributed by atoms with Gasteiger partial charge in [0.2, 0.25) is 0 Å². The standard InChI is InChI=1S/C15H13BrClFO/c1-2-11-8-12(4-5-13(11)17)19-15-6-3-10(9-16)7-14(15)18/h3-8H,2,9H2,1H3. The third-order valence-corrected chi connectivity index (χ3v) is 3.79. The van der Waals surface area contributed by atoms with E-state index < -0.39 is 0 Å². The average Bonchev–Trinajstić information content (AvgIpc) is 2.43. The highest BCUT2D eigenvalue weighted by atomic mass is 79.9. The lowest BCUT2D eigenvalue weighted by atomic mass is 10.1. The van der Waals surface area contributed by atoms with Crippen molar-refractivity contribution in [3.8, 4) is 11.5 Å². The van der Waals surface area contributed by atoms with Gasteiger partial charge < -0.3 is 4.74 Å². The second-order valence-electron chi connectivity index (χ2n) is 4.11. The molecule has 0 unspecified atom stereocenters. The number of ether oxygens (including phenoxy) is 1. The van der Waals surface area contributed by atoms with Crippen molar-refractivity contribution in [1.29, 1.82) is 0 Å². The Kier molecular flexibility index (Phi) is 4.83. The molecule has 100 valence electrons. The molecule has 19 heavy (non-hydrogen) atoms. The zero-order valence-electron chi connectivity index (χ0n) is 10.4. The van der Waals surface area contributed by atoms with E-state index in [2.05, 4.69) is 15.9 Å². The van der Waals surface area contributed by atoms with Crippen LogP contribution < -0.4 is 4.74 Å². The molecule has 0 aliphatic carbocycles. The summed E-state index contributed by atoms with van der Waals surface area (Å²) in [5.41, 5.74) is 1.85. The summed E-state index contributed by atoms with van der Waals surface area (Å²) in [5, 5.41) is 1.32. The first kappa shape index (κ1) is 14.4. The molecule has 0 saturated carbocycles. The van der Waals surface area contributed by atoms with E-state index in [4.69, 9.17) is 16.3 Å². The maximum absolute atomic E-state index is 13.8. The zero-order valence-corrected chi connectivity index (χ0v) is 12.8. The third kappa shape index (κ3) is 3.48. The van der Waals surface area contributed by atoms with E-state index >= 15 is 0 Å². The number of benzene rings is 2. The summed E-state index contributed by atoms with van der Waals surface area (Å²) in [6.45, 7) is 2.01. The summed E-state index contributed by atoms with van der Waals surface area (Å²) in [5.74, 6) is 0.436. The minimum Gasteiger partial charge on any atom is -0.454 e. The van der Waals surface area contributed by atoms with Crippen molar-refractivity contribution >= 4 is 27.5 Å². The van der Waals surface area contributed by atoms with Crippen LogP contribution in [0.15, 0.2) is 36.4 Å². The fourth-order valence-electron chi connectivity index (χ4n) is 1.72. The molecule has 0 radical (unpaired) electrons. The number of aryl methyl sites for hydroxylation is 1. The maximum atomic E-state index is 13.8. The van der Waals surface area contributed by atoms with E-state index in [0.29, 0.717) is 16.1 Å². The monoisotopic (exact) mass is 342 g/mol. The van der Waals surface area contributed by atoms with Gasteiger partial charge in [0.25, 0.3) is 0 Å². The van der Waals surface area contributed by atoms with E-state index in [0.717, 1.165) is 17.5 Å². The Morgan fingerprint density at radius 3 is 2.63 bits per heavy atom. The van der Waals surface area contributed by atoms with E-state index in [1.165, 1.54) is 6.07 Å². The largest absolute Gasteiger partial charge is 0.454 e. The highest BCUT2D eigenvalue weighted by Gasteiger charge is 2.07. The normalized spacial score (nSPS) is 10.5. The first-order valence-electron chi connectivity index (χ1n) is 5.94. The van der Waals surface area contributed by atoms with Crippen molar-refractivity contribution in [3.05, 3.63) is 58.4 Å². The molecule has 0 aliphatic heterocycles. The zero-order chi connectivity index (χ0) is 13.8. The molecule has 1 nitrogen and oxygen atoms in total. The van der Waals surface area contributed by atoms with Gasteiger partial charge in [-0.1, -0.05) is 40.5 Å². The van der Waals surface area contributed by atoms with Crippen molar-refractivity contribution < 1.29 is 9.13 Å². The van der Waals surface area contributed by atoms with Gasteiger partial charge in [0.05, 0.1) is 0 Å². The SMILES string of the molecule is CCc1cc(Oc2ccc(CBr)cc2F)ccc1Cl. The fourth-order valence-corrected chi connectivity index (χ4v) is 2.32. The van der Waals surface area contributed by atoms with E-state index in [1.54, 1.807) is 18.2 Å². The van der Waals surface area contributed by atoms with Crippen LogP contribution >= 0.6 is 27.5 Å². The molecule has 2 aromatic rings. The van der Waals surface area contributed by atoms with Crippen molar-refractivity contribution in [2.24, 2.45) is 0 Å². The van der Waals surface area contributed by atoms with E-state index in [-0.39, 0.29) is 11.6 Å². The Morgan fingerprint density at radius 2 is 2.00 bits per heavy atom. The molecule has 4 heteroatoms. The fraction of sp³-hybridized carbons (Fsp3) is 0.200. The van der Waals surface area contributed by atoms with Crippen molar-refractivity contribution in [2.75, 3.05) is 0 Å². The Morgan fingerprint density at radius 1 is 1.21 bits per heavy atom. The molecule has 0 heterocycles. The van der Waals surface area contributed by atoms with Gasteiger partial charge in [-0.15, -0.1) is 0 Å². The van der Waals surface area contributed by atoms with Crippen LogP contribution in [0.2, 0.25) is 5.02 Å². The van der Waals surface area contributed by atoms with Crippen molar-refractivity contribution in [1.82, 2.24) is 0 Å². The third-order valence-electron chi connectivity index (χ3n) is 2.78. The lowest BCUT2D eigenvalue weighted by Gasteiger charge is -2.09. The van der Waals surface area contributed by atoms with Crippen LogP contribution in [0.1, 0.15) is 18.1 Å². The molecule has 0 N–H and O–H groups in total. The van der Waals surface area contributed by atoms with Gasteiger partial charge in [-0.2, -0.15) is 0 Å². The summed E-state index contributed by atoms with van der Waals surface area (Å²) >= 11 is 9.32. The molecular formula is C15H13BrClFO. The van der Waals surface area contributed by atoms with Crippen LogP contribution in [0.25, 0.3) is 0 Å².